The Balaban J connectivity index is 1.77. The molecule has 0 bridgehead atoms. The second-order valence-corrected chi connectivity index (χ2v) is 10.4. The van der Waals surface area contributed by atoms with E-state index in [2.05, 4.69) is 0 Å². The Morgan fingerprint density at radius 3 is 2.35 bits per heavy atom. The van der Waals surface area contributed by atoms with Gasteiger partial charge in [0.05, 0.1) is 11.0 Å². The van der Waals surface area contributed by atoms with Gasteiger partial charge in [0.25, 0.3) is 3.79 Å². The molecule has 0 fully saturated rings. The van der Waals surface area contributed by atoms with Crippen LogP contribution in [0.15, 0.2) is 42.5 Å². The highest BCUT2D eigenvalue weighted by molar-refractivity contribution is 6.77. The number of alkyl halides is 6. The van der Waals surface area contributed by atoms with E-state index in [4.69, 9.17) is 39.5 Å². The number of halogens is 6. The zero-order chi connectivity index (χ0) is 23.0. The minimum atomic E-state index is -4.44. The Morgan fingerprint density at radius 2 is 1.74 bits per heavy atom. The summed E-state index contributed by atoms with van der Waals surface area (Å²) in [5.74, 6) is -0.202. The third kappa shape index (κ3) is 3.31. The van der Waals surface area contributed by atoms with Gasteiger partial charge >= 0.3 is 6.18 Å². The molecule has 0 aliphatic carbocycles. The number of hydrogen-bond donors (Lipinski definition) is 0. The number of hydrogen-bond acceptors (Lipinski definition) is 3. The Morgan fingerprint density at radius 1 is 1.06 bits per heavy atom. The zero-order valence-corrected chi connectivity index (χ0v) is 18.9. The number of nitrogens with zero attached hydrogens (tertiary/aromatic N) is 1. The fourth-order valence-corrected chi connectivity index (χ4v) is 4.62. The molecule has 2 aromatic carbocycles. The highest BCUT2D eigenvalue weighted by Gasteiger charge is 2.58. The summed E-state index contributed by atoms with van der Waals surface area (Å²) >= 11 is 17.1. The lowest BCUT2D eigenvalue weighted by Gasteiger charge is -2.45. The van der Waals surface area contributed by atoms with Crippen molar-refractivity contribution in [2.45, 2.75) is 35.0 Å². The number of fused-ring (bicyclic) bond motifs is 2. The van der Waals surface area contributed by atoms with Gasteiger partial charge in [0.2, 0.25) is 11.5 Å². The maximum atomic E-state index is 13.3. The predicted molar refractivity (Wildman–Crippen MR) is 116 cm³/mol. The molecule has 0 amide bonds. The van der Waals surface area contributed by atoms with Crippen molar-refractivity contribution in [3.63, 3.8) is 0 Å². The van der Waals surface area contributed by atoms with Crippen LogP contribution in [0.3, 0.4) is 0 Å². The van der Waals surface area contributed by atoms with Crippen LogP contribution in [0.5, 0.6) is 5.75 Å². The number of ether oxygens (including phenoxy) is 1. The van der Waals surface area contributed by atoms with Gasteiger partial charge in [-0.2, -0.15) is 13.2 Å². The molecule has 1 spiro atoms. The molecule has 0 saturated carbocycles. The molecule has 0 unspecified atom stereocenters. The Bertz CT molecular complexity index is 1120. The van der Waals surface area contributed by atoms with E-state index in [0.717, 1.165) is 6.07 Å². The lowest BCUT2D eigenvalue weighted by atomic mass is 9.76. The van der Waals surface area contributed by atoms with Crippen molar-refractivity contribution < 1.29 is 22.7 Å². The first kappa shape index (κ1) is 22.3. The number of carbonyl (C=O) groups is 1. The fraction of sp³-hybridized carbons (Fsp3) is 0.318. The van der Waals surface area contributed by atoms with Crippen LogP contribution in [-0.4, -0.2) is 22.3 Å². The van der Waals surface area contributed by atoms with Crippen molar-refractivity contribution in [1.82, 2.24) is 0 Å². The molecule has 9 heteroatoms. The van der Waals surface area contributed by atoms with E-state index in [9.17, 15) is 18.0 Å². The molecular formula is C22H17Cl3F3NO2. The Hall–Kier alpha value is -1.89. The standard InChI is InChI=1S/C22H17Cl3F3NO2/c1-19(2)15-11-14(22(26,27)28)5-6-16(15)29(3)20(19)9-8-12-10-13(4-7-17(12)31-20)18(30)21(23,24)25/h4-11H,1-3H3/t20-/m0/s1. The second-order valence-electron chi connectivity index (χ2n) is 8.13. The quantitative estimate of drug-likeness (QED) is 0.326. The van der Waals surface area contributed by atoms with Crippen molar-refractivity contribution in [3.05, 3.63) is 64.7 Å². The Kier molecular flexibility index (Phi) is 4.90. The minimum Gasteiger partial charge on any atom is -0.463 e. The average molecular weight is 491 g/mol. The summed E-state index contributed by atoms with van der Waals surface area (Å²) < 4.78 is 44.2. The summed E-state index contributed by atoms with van der Waals surface area (Å²) in [6.45, 7) is 3.68. The van der Waals surface area contributed by atoms with Crippen LogP contribution in [-0.2, 0) is 11.6 Å². The first-order chi connectivity index (χ1) is 14.2. The molecule has 0 radical (unpaired) electrons. The molecule has 164 valence electrons. The summed E-state index contributed by atoms with van der Waals surface area (Å²) in [4.78, 5) is 14.1. The maximum Gasteiger partial charge on any atom is 0.416 e. The number of likely N-dealkylation sites (N-methyl/N-ethyl adjacent to an activating group) is 1. The molecule has 0 N–H and O–H groups in total. The highest BCUT2D eigenvalue weighted by atomic mass is 35.6. The van der Waals surface area contributed by atoms with Gasteiger partial charge < -0.3 is 9.64 Å². The molecule has 31 heavy (non-hydrogen) atoms. The number of benzene rings is 2. The van der Waals surface area contributed by atoms with Crippen molar-refractivity contribution in [3.8, 4) is 5.75 Å². The van der Waals surface area contributed by atoms with E-state index in [-0.39, 0.29) is 5.56 Å². The summed E-state index contributed by atoms with van der Waals surface area (Å²) in [5, 5.41) is 0. The van der Waals surface area contributed by atoms with Gasteiger partial charge in [-0.25, -0.2) is 0 Å². The van der Waals surface area contributed by atoms with Crippen LogP contribution in [0, 0.1) is 0 Å². The van der Waals surface area contributed by atoms with Crippen molar-refractivity contribution >= 4 is 52.3 Å². The van der Waals surface area contributed by atoms with Gasteiger partial charge in [0.15, 0.2) is 0 Å². The zero-order valence-electron chi connectivity index (χ0n) is 16.7. The van der Waals surface area contributed by atoms with Crippen molar-refractivity contribution in [2.24, 2.45) is 0 Å². The van der Waals surface area contributed by atoms with E-state index in [1.54, 1.807) is 31.3 Å². The van der Waals surface area contributed by atoms with Gasteiger partial charge in [-0.15, -0.1) is 0 Å². The van der Waals surface area contributed by atoms with Crippen LogP contribution >= 0.6 is 34.8 Å². The van der Waals surface area contributed by atoms with E-state index in [0.29, 0.717) is 22.6 Å². The number of rotatable bonds is 1. The van der Waals surface area contributed by atoms with Crippen LogP contribution in [0.2, 0.25) is 0 Å². The number of ketones is 1. The van der Waals surface area contributed by atoms with Crippen molar-refractivity contribution in [1.29, 1.82) is 0 Å². The summed E-state index contributed by atoms with van der Waals surface area (Å²) in [7, 11) is 1.77. The molecule has 1 atom stereocenters. The predicted octanol–water partition coefficient (Wildman–Crippen LogP) is 6.79. The SMILES string of the molecule is CN1c2ccc(C(F)(F)F)cc2C(C)(C)[C@@]12C=Cc1cc(C(=O)C(Cl)(Cl)Cl)ccc1O2. The van der Waals surface area contributed by atoms with Crippen LogP contribution in [0.1, 0.15) is 40.9 Å². The first-order valence-electron chi connectivity index (χ1n) is 9.28. The van der Waals surface area contributed by atoms with Gasteiger partial charge in [-0.05, 0) is 68.0 Å². The van der Waals surface area contributed by atoms with Crippen molar-refractivity contribution in [2.75, 3.05) is 11.9 Å². The Labute approximate surface area is 192 Å². The second kappa shape index (κ2) is 6.80. The first-order valence-corrected chi connectivity index (χ1v) is 10.4. The molecule has 4 rings (SSSR count). The molecular weight excluding hydrogens is 474 g/mol. The topological polar surface area (TPSA) is 29.5 Å². The molecule has 2 heterocycles. The lowest BCUT2D eigenvalue weighted by molar-refractivity contribution is -0.137. The largest absolute Gasteiger partial charge is 0.463 e. The molecule has 3 nitrogen and oxygen atoms in total. The summed E-state index contributed by atoms with van der Waals surface area (Å²) in [6.07, 6.45) is -0.893. The molecule has 0 saturated heterocycles. The summed E-state index contributed by atoms with van der Waals surface area (Å²) in [5.41, 5.74) is -0.608. The van der Waals surface area contributed by atoms with Crippen LogP contribution < -0.4 is 9.64 Å². The third-order valence-corrected chi connectivity index (χ3v) is 6.55. The van der Waals surface area contributed by atoms with E-state index in [1.165, 1.54) is 18.2 Å². The smallest absolute Gasteiger partial charge is 0.416 e. The monoisotopic (exact) mass is 489 g/mol. The number of anilines is 1. The van der Waals surface area contributed by atoms with E-state index in [1.807, 2.05) is 18.7 Å². The fourth-order valence-electron chi connectivity index (χ4n) is 4.29. The average Bonchev–Trinajstić information content (AvgIpc) is 2.84. The molecule has 0 aromatic heterocycles. The lowest BCUT2D eigenvalue weighted by Crippen LogP contribution is -2.58. The maximum absolute atomic E-state index is 13.3. The molecule has 2 aliphatic rings. The highest BCUT2D eigenvalue weighted by Crippen LogP contribution is 2.55. The normalized spacial score (nSPS) is 21.6. The van der Waals surface area contributed by atoms with E-state index < -0.39 is 32.5 Å². The van der Waals surface area contributed by atoms with Crippen LogP contribution in [0.25, 0.3) is 6.08 Å². The number of Topliss-reactive ketones (excluding diaryl/α,β-unsaturated/α-hetero) is 1. The summed E-state index contributed by atoms with van der Waals surface area (Å²) in [6, 6.07) is 8.35. The van der Waals surface area contributed by atoms with Gasteiger partial charge in [-0.3, -0.25) is 4.79 Å². The van der Waals surface area contributed by atoms with Gasteiger partial charge in [-0.1, -0.05) is 34.8 Å². The van der Waals surface area contributed by atoms with E-state index >= 15 is 0 Å². The number of carbonyl (C=O) groups excluding carboxylic acids is 1. The van der Waals surface area contributed by atoms with Gasteiger partial charge in [0.1, 0.15) is 5.75 Å². The third-order valence-electron chi connectivity index (χ3n) is 6.04. The van der Waals surface area contributed by atoms with Gasteiger partial charge in [0, 0.05) is 23.9 Å². The van der Waals surface area contributed by atoms with Crippen LogP contribution in [0.4, 0.5) is 18.9 Å². The molecule has 2 aliphatic heterocycles. The molecule has 2 aromatic rings. The minimum absolute atomic E-state index is 0.208.